The van der Waals surface area contributed by atoms with Crippen molar-refractivity contribution in [3.8, 4) is 0 Å². The number of carbonyl (C=O) groups excluding carboxylic acids is 1. The third-order valence-corrected chi connectivity index (χ3v) is 3.42. The highest BCUT2D eigenvalue weighted by molar-refractivity contribution is 5.87. The van der Waals surface area contributed by atoms with Crippen LogP contribution in [0.2, 0.25) is 0 Å². The summed E-state index contributed by atoms with van der Waals surface area (Å²) in [6, 6.07) is 2.35. The van der Waals surface area contributed by atoms with Gasteiger partial charge in [0, 0.05) is 18.2 Å². The van der Waals surface area contributed by atoms with Crippen molar-refractivity contribution in [3.63, 3.8) is 0 Å². The van der Waals surface area contributed by atoms with E-state index in [9.17, 15) is 18.4 Å². The molecule has 0 spiro atoms. The highest BCUT2D eigenvalue weighted by Gasteiger charge is 2.45. The number of carboxylic acids is 1. The first kappa shape index (κ1) is 14.2. The molecule has 0 atom stereocenters. The van der Waals surface area contributed by atoms with Crippen molar-refractivity contribution in [1.82, 2.24) is 10.6 Å². The van der Waals surface area contributed by atoms with Gasteiger partial charge in [-0.25, -0.2) is 18.4 Å². The Morgan fingerprint density at radius 3 is 2.50 bits per heavy atom. The lowest BCUT2D eigenvalue weighted by molar-refractivity contribution is -0.148. The van der Waals surface area contributed by atoms with E-state index in [0.29, 0.717) is 12.8 Å². The third-order valence-electron chi connectivity index (χ3n) is 3.42. The molecule has 1 saturated carbocycles. The number of urea groups is 1. The van der Waals surface area contributed by atoms with E-state index >= 15 is 0 Å². The standard InChI is InChI=1S/C13H14F2N2O3/c14-9-3-2-8(10(15)6-9)7-16-12(20)17-13(11(18)19)4-1-5-13/h2-3,6H,1,4-5,7H2,(H,18,19)(H2,16,17,20). The van der Waals surface area contributed by atoms with Crippen LogP contribution in [-0.2, 0) is 11.3 Å². The zero-order chi connectivity index (χ0) is 14.8. The average molecular weight is 284 g/mol. The van der Waals surface area contributed by atoms with Crippen molar-refractivity contribution in [3.05, 3.63) is 35.4 Å². The summed E-state index contributed by atoms with van der Waals surface area (Å²) >= 11 is 0. The van der Waals surface area contributed by atoms with Gasteiger partial charge in [0.15, 0.2) is 0 Å². The molecule has 7 heteroatoms. The lowest BCUT2D eigenvalue weighted by Gasteiger charge is -2.38. The molecule has 0 radical (unpaired) electrons. The quantitative estimate of drug-likeness (QED) is 0.788. The first-order valence-corrected chi connectivity index (χ1v) is 6.16. The predicted octanol–water partition coefficient (Wildman–Crippen LogP) is 1.77. The Balaban J connectivity index is 1.91. The van der Waals surface area contributed by atoms with Gasteiger partial charge in [-0.15, -0.1) is 0 Å². The average Bonchev–Trinajstić information content (AvgIpc) is 2.32. The van der Waals surface area contributed by atoms with Gasteiger partial charge in [0.2, 0.25) is 0 Å². The molecule has 1 aromatic rings. The molecule has 1 aliphatic rings. The summed E-state index contributed by atoms with van der Waals surface area (Å²) in [6.45, 7) is -0.145. The summed E-state index contributed by atoms with van der Waals surface area (Å²) in [5, 5.41) is 13.8. The Morgan fingerprint density at radius 1 is 1.30 bits per heavy atom. The lowest BCUT2D eigenvalue weighted by Crippen LogP contribution is -2.61. The molecular weight excluding hydrogens is 270 g/mol. The molecule has 2 amide bonds. The molecule has 1 aliphatic carbocycles. The fourth-order valence-corrected chi connectivity index (χ4v) is 2.02. The van der Waals surface area contributed by atoms with Gasteiger partial charge in [0.05, 0.1) is 0 Å². The van der Waals surface area contributed by atoms with Gasteiger partial charge in [-0.1, -0.05) is 6.07 Å². The molecule has 3 N–H and O–H groups in total. The number of rotatable bonds is 4. The topological polar surface area (TPSA) is 78.4 Å². The minimum atomic E-state index is -1.22. The van der Waals surface area contributed by atoms with Gasteiger partial charge in [-0.2, -0.15) is 0 Å². The normalized spacial score (nSPS) is 16.1. The molecule has 0 saturated heterocycles. The summed E-state index contributed by atoms with van der Waals surface area (Å²) in [4.78, 5) is 22.7. The maximum Gasteiger partial charge on any atom is 0.329 e. The van der Waals surface area contributed by atoms with E-state index in [4.69, 9.17) is 5.11 Å². The second-order valence-electron chi connectivity index (χ2n) is 4.78. The van der Waals surface area contributed by atoms with Crippen molar-refractivity contribution < 1.29 is 23.5 Å². The van der Waals surface area contributed by atoms with Crippen LogP contribution in [0.1, 0.15) is 24.8 Å². The lowest BCUT2D eigenvalue weighted by atomic mass is 9.77. The summed E-state index contributed by atoms with van der Waals surface area (Å²) in [6.07, 6.45) is 1.49. The van der Waals surface area contributed by atoms with Crippen molar-refractivity contribution >= 4 is 12.0 Å². The van der Waals surface area contributed by atoms with Crippen molar-refractivity contribution in [2.45, 2.75) is 31.3 Å². The number of carboxylic acid groups (broad SMARTS) is 1. The van der Waals surface area contributed by atoms with Crippen LogP contribution in [0.3, 0.4) is 0 Å². The van der Waals surface area contributed by atoms with Crippen LogP contribution in [-0.4, -0.2) is 22.6 Å². The van der Waals surface area contributed by atoms with Crippen molar-refractivity contribution in [1.29, 1.82) is 0 Å². The highest BCUT2D eigenvalue weighted by atomic mass is 19.1. The van der Waals surface area contributed by atoms with E-state index < -0.39 is 29.2 Å². The zero-order valence-electron chi connectivity index (χ0n) is 10.6. The van der Waals surface area contributed by atoms with E-state index in [2.05, 4.69) is 10.6 Å². The first-order chi connectivity index (χ1) is 9.43. The molecule has 1 aromatic carbocycles. The number of carbonyl (C=O) groups is 2. The molecule has 0 aliphatic heterocycles. The summed E-state index contributed by atoms with van der Waals surface area (Å²) in [5.41, 5.74) is -1.09. The predicted molar refractivity (Wildman–Crippen MR) is 65.9 cm³/mol. The van der Waals surface area contributed by atoms with Gasteiger partial charge in [0.1, 0.15) is 17.2 Å². The summed E-state index contributed by atoms with van der Waals surface area (Å²) in [5.74, 6) is -2.54. The second kappa shape index (κ2) is 5.44. The van der Waals surface area contributed by atoms with Crippen LogP contribution in [0.5, 0.6) is 0 Å². The summed E-state index contributed by atoms with van der Waals surface area (Å²) in [7, 11) is 0. The molecular formula is C13H14F2N2O3. The number of nitrogens with one attached hydrogen (secondary N) is 2. The van der Waals surface area contributed by atoms with Crippen molar-refractivity contribution in [2.24, 2.45) is 0 Å². The fourth-order valence-electron chi connectivity index (χ4n) is 2.02. The number of amides is 2. The maximum atomic E-state index is 13.3. The Bertz CT molecular complexity index is 544. The van der Waals surface area contributed by atoms with Gasteiger partial charge in [0.25, 0.3) is 0 Å². The minimum Gasteiger partial charge on any atom is -0.480 e. The zero-order valence-corrected chi connectivity index (χ0v) is 10.6. The van der Waals surface area contributed by atoms with E-state index in [1.54, 1.807) is 0 Å². The van der Waals surface area contributed by atoms with Crippen LogP contribution >= 0.6 is 0 Å². The van der Waals surface area contributed by atoms with E-state index in [0.717, 1.165) is 18.6 Å². The van der Waals surface area contributed by atoms with Crippen LogP contribution in [0, 0.1) is 11.6 Å². The number of benzene rings is 1. The van der Waals surface area contributed by atoms with Gasteiger partial charge >= 0.3 is 12.0 Å². The molecule has 108 valence electrons. The molecule has 20 heavy (non-hydrogen) atoms. The van der Waals surface area contributed by atoms with Gasteiger partial charge < -0.3 is 15.7 Å². The Morgan fingerprint density at radius 2 is 2.00 bits per heavy atom. The van der Waals surface area contributed by atoms with Gasteiger partial charge in [-0.05, 0) is 25.3 Å². The van der Waals surface area contributed by atoms with Gasteiger partial charge in [-0.3, -0.25) is 0 Å². The van der Waals surface area contributed by atoms with E-state index in [1.807, 2.05) is 0 Å². The largest absolute Gasteiger partial charge is 0.480 e. The van der Waals surface area contributed by atoms with E-state index in [-0.39, 0.29) is 12.1 Å². The molecule has 0 unspecified atom stereocenters. The monoisotopic (exact) mass is 284 g/mol. The Hall–Kier alpha value is -2.18. The Labute approximate surface area is 114 Å². The number of hydrogen-bond donors (Lipinski definition) is 3. The molecule has 5 nitrogen and oxygen atoms in total. The molecule has 0 bridgehead atoms. The second-order valence-corrected chi connectivity index (χ2v) is 4.78. The van der Waals surface area contributed by atoms with Crippen LogP contribution in [0.4, 0.5) is 13.6 Å². The van der Waals surface area contributed by atoms with Crippen LogP contribution < -0.4 is 10.6 Å². The minimum absolute atomic E-state index is 0.125. The summed E-state index contributed by atoms with van der Waals surface area (Å²) < 4.78 is 26.0. The molecule has 1 fully saturated rings. The Kier molecular flexibility index (Phi) is 3.87. The van der Waals surface area contributed by atoms with Crippen LogP contribution in [0.15, 0.2) is 18.2 Å². The van der Waals surface area contributed by atoms with Crippen molar-refractivity contribution in [2.75, 3.05) is 0 Å². The van der Waals surface area contributed by atoms with E-state index in [1.165, 1.54) is 6.07 Å². The number of aliphatic carboxylic acids is 1. The number of hydrogen-bond acceptors (Lipinski definition) is 2. The fraction of sp³-hybridized carbons (Fsp3) is 0.385. The molecule has 0 aromatic heterocycles. The maximum absolute atomic E-state index is 13.3. The highest BCUT2D eigenvalue weighted by Crippen LogP contribution is 2.31. The molecule has 2 rings (SSSR count). The first-order valence-electron chi connectivity index (χ1n) is 6.16. The number of halogens is 2. The SMILES string of the molecule is O=C(NCc1ccc(F)cc1F)NC1(C(=O)O)CCC1. The molecule has 0 heterocycles. The smallest absolute Gasteiger partial charge is 0.329 e. The third kappa shape index (κ3) is 2.87. The van der Waals surface area contributed by atoms with Crippen LogP contribution in [0.25, 0.3) is 0 Å².